The highest BCUT2D eigenvalue weighted by Crippen LogP contribution is 2.36. The SMILES string of the molecule is Cc1cc(N2CC(CC(O)c3ccccc3C(F)(F)F)=CC2=O)no1. The molecule has 2 aromatic rings. The van der Waals surface area contributed by atoms with Crippen LogP contribution in [-0.4, -0.2) is 22.7 Å². The zero-order chi connectivity index (χ0) is 18.2. The van der Waals surface area contributed by atoms with E-state index in [1.807, 2.05) is 0 Å². The Bertz CT molecular complexity index is 827. The molecule has 1 atom stereocenters. The summed E-state index contributed by atoms with van der Waals surface area (Å²) < 4.78 is 44.1. The van der Waals surface area contributed by atoms with Crippen LogP contribution in [0.4, 0.5) is 19.0 Å². The smallest absolute Gasteiger partial charge is 0.388 e. The average molecular weight is 352 g/mol. The topological polar surface area (TPSA) is 66.6 Å². The Labute approximate surface area is 141 Å². The summed E-state index contributed by atoms with van der Waals surface area (Å²) in [6, 6.07) is 6.46. The number of amides is 1. The fourth-order valence-corrected chi connectivity index (χ4v) is 2.78. The first-order chi connectivity index (χ1) is 11.8. The molecular weight excluding hydrogens is 337 g/mol. The number of aromatic nitrogens is 1. The van der Waals surface area contributed by atoms with Crippen molar-refractivity contribution in [2.45, 2.75) is 25.6 Å². The van der Waals surface area contributed by atoms with Gasteiger partial charge in [0, 0.05) is 25.1 Å². The number of anilines is 1. The molecule has 1 aliphatic rings. The van der Waals surface area contributed by atoms with Crippen molar-refractivity contribution in [1.82, 2.24) is 5.16 Å². The van der Waals surface area contributed by atoms with E-state index < -0.39 is 17.8 Å². The molecule has 0 saturated carbocycles. The van der Waals surface area contributed by atoms with Crippen molar-refractivity contribution in [3.63, 3.8) is 0 Å². The Hall–Kier alpha value is -2.61. The van der Waals surface area contributed by atoms with Gasteiger partial charge in [-0.15, -0.1) is 0 Å². The van der Waals surface area contributed by atoms with Gasteiger partial charge in [0.15, 0.2) is 5.82 Å². The van der Waals surface area contributed by atoms with E-state index in [2.05, 4.69) is 5.16 Å². The van der Waals surface area contributed by atoms with Crippen LogP contribution < -0.4 is 4.90 Å². The summed E-state index contributed by atoms with van der Waals surface area (Å²) in [7, 11) is 0. The molecule has 1 N–H and O–H groups in total. The molecule has 0 fully saturated rings. The number of halogens is 3. The summed E-state index contributed by atoms with van der Waals surface area (Å²) >= 11 is 0. The first-order valence-electron chi connectivity index (χ1n) is 7.54. The standard InChI is InChI=1S/C17H15F3N2O3/c1-10-6-15(21-25-10)22-9-11(8-16(22)24)7-14(23)12-4-2-3-5-13(12)17(18,19)20/h2-6,8,14,23H,7,9H2,1H3. The maximum absolute atomic E-state index is 13.1. The summed E-state index contributed by atoms with van der Waals surface area (Å²) in [4.78, 5) is 13.4. The van der Waals surface area contributed by atoms with Crippen LogP contribution in [-0.2, 0) is 11.0 Å². The second kappa shape index (κ2) is 6.36. The van der Waals surface area contributed by atoms with Crippen molar-refractivity contribution >= 4 is 11.7 Å². The molecule has 1 aromatic heterocycles. The van der Waals surface area contributed by atoms with Crippen LogP contribution >= 0.6 is 0 Å². The third-order valence-corrected chi connectivity index (χ3v) is 3.93. The zero-order valence-electron chi connectivity index (χ0n) is 13.2. The molecule has 1 unspecified atom stereocenters. The number of carbonyl (C=O) groups is 1. The van der Waals surface area contributed by atoms with Gasteiger partial charge in [0.25, 0.3) is 5.91 Å². The lowest BCUT2D eigenvalue weighted by atomic mass is 9.97. The van der Waals surface area contributed by atoms with E-state index in [1.165, 1.54) is 29.2 Å². The molecule has 3 rings (SSSR count). The number of aryl methyl sites for hydroxylation is 1. The zero-order valence-corrected chi connectivity index (χ0v) is 13.2. The monoisotopic (exact) mass is 352 g/mol. The van der Waals surface area contributed by atoms with Crippen LogP contribution in [0.2, 0.25) is 0 Å². The minimum atomic E-state index is -4.55. The molecule has 132 valence electrons. The van der Waals surface area contributed by atoms with Crippen LogP contribution in [0.25, 0.3) is 0 Å². The van der Waals surface area contributed by atoms with Crippen LogP contribution in [0.1, 0.15) is 29.4 Å². The Morgan fingerprint density at radius 2 is 2.08 bits per heavy atom. The fourth-order valence-electron chi connectivity index (χ4n) is 2.78. The van der Waals surface area contributed by atoms with Gasteiger partial charge in [-0.2, -0.15) is 13.2 Å². The molecule has 5 nitrogen and oxygen atoms in total. The Morgan fingerprint density at radius 3 is 2.72 bits per heavy atom. The second-order valence-corrected chi connectivity index (χ2v) is 5.83. The maximum atomic E-state index is 13.1. The number of rotatable bonds is 4. The van der Waals surface area contributed by atoms with E-state index in [0.29, 0.717) is 17.2 Å². The number of carbonyl (C=O) groups excluding carboxylic acids is 1. The summed E-state index contributed by atoms with van der Waals surface area (Å²) in [6.45, 7) is 1.83. The maximum Gasteiger partial charge on any atom is 0.416 e. The molecule has 0 spiro atoms. The lowest BCUT2D eigenvalue weighted by molar-refractivity contribution is -0.139. The van der Waals surface area contributed by atoms with E-state index in [4.69, 9.17) is 4.52 Å². The molecule has 1 amide bonds. The van der Waals surface area contributed by atoms with Crippen molar-refractivity contribution in [2.24, 2.45) is 0 Å². The van der Waals surface area contributed by atoms with Crippen LogP contribution in [0, 0.1) is 6.92 Å². The van der Waals surface area contributed by atoms with Crippen LogP contribution in [0.3, 0.4) is 0 Å². The van der Waals surface area contributed by atoms with E-state index in [0.717, 1.165) is 6.07 Å². The lowest BCUT2D eigenvalue weighted by Gasteiger charge is -2.18. The van der Waals surface area contributed by atoms with Gasteiger partial charge in [0.1, 0.15) is 5.76 Å². The first-order valence-corrected chi connectivity index (χ1v) is 7.54. The molecule has 25 heavy (non-hydrogen) atoms. The molecule has 0 saturated heterocycles. The Kier molecular flexibility index (Phi) is 4.38. The Balaban J connectivity index is 1.76. The quantitative estimate of drug-likeness (QED) is 0.916. The predicted molar refractivity (Wildman–Crippen MR) is 82.7 cm³/mol. The number of alkyl halides is 3. The van der Waals surface area contributed by atoms with Gasteiger partial charge < -0.3 is 9.63 Å². The average Bonchev–Trinajstić information content (AvgIpc) is 3.12. The summed E-state index contributed by atoms with van der Waals surface area (Å²) in [6.07, 6.45) is -4.69. The van der Waals surface area contributed by atoms with Crippen LogP contribution in [0.5, 0.6) is 0 Å². The number of aliphatic hydroxyl groups is 1. The lowest BCUT2D eigenvalue weighted by Crippen LogP contribution is -2.25. The summed E-state index contributed by atoms with van der Waals surface area (Å²) in [5.74, 6) is 0.522. The van der Waals surface area contributed by atoms with Crippen molar-refractivity contribution in [2.75, 3.05) is 11.4 Å². The van der Waals surface area contributed by atoms with E-state index in [9.17, 15) is 23.1 Å². The summed E-state index contributed by atoms with van der Waals surface area (Å²) in [5, 5.41) is 14.0. The molecule has 8 heteroatoms. The highest BCUT2D eigenvalue weighted by molar-refractivity contribution is 6.04. The molecule has 0 radical (unpaired) electrons. The van der Waals surface area contributed by atoms with Gasteiger partial charge in [0.05, 0.1) is 11.7 Å². The first kappa shape index (κ1) is 17.2. The molecule has 0 aliphatic carbocycles. The van der Waals surface area contributed by atoms with E-state index >= 15 is 0 Å². The number of hydrogen-bond donors (Lipinski definition) is 1. The number of hydrogen-bond acceptors (Lipinski definition) is 4. The highest BCUT2D eigenvalue weighted by atomic mass is 19.4. The molecule has 0 bridgehead atoms. The van der Waals surface area contributed by atoms with Gasteiger partial charge in [-0.25, -0.2) is 0 Å². The number of aliphatic hydroxyl groups excluding tert-OH is 1. The second-order valence-electron chi connectivity index (χ2n) is 5.83. The Morgan fingerprint density at radius 1 is 1.36 bits per heavy atom. The van der Waals surface area contributed by atoms with E-state index in [1.54, 1.807) is 13.0 Å². The third kappa shape index (κ3) is 3.58. The fraction of sp³-hybridized carbons (Fsp3) is 0.294. The van der Waals surface area contributed by atoms with Crippen molar-refractivity contribution in [1.29, 1.82) is 0 Å². The van der Waals surface area contributed by atoms with Gasteiger partial charge in [0.2, 0.25) is 0 Å². The van der Waals surface area contributed by atoms with Crippen molar-refractivity contribution < 1.29 is 27.6 Å². The molecular formula is C17H15F3N2O3. The van der Waals surface area contributed by atoms with Gasteiger partial charge in [-0.1, -0.05) is 23.4 Å². The molecule has 2 heterocycles. The van der Waals surface area contributed by atoms with E-state index in [-0.39, 0.29) is 24.4 Å². The third-order valence-electron chi connectivity index (χ3n) is 3.93. The highest BCUT2D eigenvalue weighted by Gasteiger charge is 2.35. The largest absolute Gasteiger partial charge is 0.416 e. The minimum absolute atomic E-state index is 0.0772. The molecule has 1 aromatic carbocycles. The predicted octanol–water partition coefficient (Wildman–Crippen LogP) is 3.40. The minimum Gasteiger partial charge on any atom is -0.388 e. The van der Waals surface area contributed by atoms with Crippen LogP contribution in [0.15, 0.2) is 46.5 Å². The van der Waals surface area contributed by atoms with Crippen molar-refractivity contribution in [3.8, 4) is 0 Å². The number of benzene rings is 1. The number of nitrogens with zero attached hydrogens (tertiary/aromatic N) is 2. The van der Waals surface area contributed by atoms with Gasteiger partial charge in [-0.3, -0.25) is 9.69 Å². The van der Waals surface area contributed by atoms with Gasteiger partial charge in [-0.05, 0) is 24.1 Å². The summed E-state index contributed by atoms with van der Waals surface area (Å²) in [5.41, 5.74) is -0.564. The van der Waals surface area contributed by atoms with Gasteiger partial charge >= 0.3 is 6.18 Å². The normalized spacial score (nSPS) is 16.3. The molecule has 1 aliphatic heterocycles. The van der Waals surface area contributed by atoms with Crippen molar-refractivity contribution in [3.05, 3.63) is 58.9 Å².